The van der Waals surface area contributed by atoms with E-state index < -0.39 is 0 Å². The number of nitrogens with zero attached hydrogens (tertiary/aromatic N) is 6. The summed E-state index contributed by atoms with van der Waals surface area (Å²) in [5.41, 5.74) is 3.88. The van der Waals surface area contributed by atoms with E-state index in [0.29, 0.717) is 12.1 Å². The lowest BCUT2D eigenvalue weighted by Gasteiger charge is -2.28. The molecule has 5 heterocycles. The van der Waals surface area contributed by atoms with Gasteiger partial charge in [-0.2, -0.15) is 0 Å². The van der Waals surface area contributed by atoms with Crippen LogP contribution in [0.3, 0.4) is 0 Å². The minimum absolute atomic E-state index is 0.204. The minimum Gasteiger partial charge on any atom is -0.385 e. The van der Waals surface area contributed by atoms with E-state index in [4.69, 9.17) is 0 Å². The maximum absolute atomic E-state index is 13.1. The number of likely N-dealkylation sites (tertiary alicyclic amines) is 5. The van der Waals surface area contributed by atoms with Crippen LogP contribution in [-0.4, -0.2) is 158 Å². The Bertz CT molecular complexity index is 1450. The first-order valence-electron chi connectivity index (χ1n) is 23.2. The van der Waals surface area contributed by atoms with E-state index in [1.54, 1.807) is 0 Å². The molecule has 2 aromatic carbocycles. The third kappa shape index (κ3) is 13.4. The molecule has 10 nitrogen and oxygen atoms in total. The quantitative estimate of drug-likeness (QED) is 0.154. The molecule has 7 rings (SSSR count). The fourth-order valence-corrected chi connectivity index (χ4v) is 9.70. The van der Waals surface area contributed by atoms with Crippen LogP contribution in [-0.2, 0) is 0 Å². The Kier molecular flexibility index (Phi) is 17.8. The van der Waals surface area contributed by atoms with Gasteiger partial charge in [-0.3, -0.25) is 9.59 Å². The minimum atomic E-state index is 0.204. The summed E-state index contributed by atoms with van der Waals surface area (Å²) in [7, 11) is 0. The van der Waals surface area contributed by atoms with Crippen molar-refractivity contribution in [1.29, 1.82) is 0 Å². The standard InChI is InChI=1S/C24H38N4O.C23H38N4O/c29-24(28-19-6-8-23(28)20-27-16-4-5-17-27)21-9-11-22(12-10-21)25-13-7-18-26-14-2-1-3-15-26;1-3-25(4-2)17-8-14-24-21-12-10-20(11-13-21)23(28)27-18-7-9-22(27)19-26-15-5-6-16-26/h9-12,23,25H,1-8,13-20H2;10-13,22,24H,3-9,14-19H2,1-2H3/t23-;22-/m00/s1. The number of amides is 2. The molecule has 0 bridgehead atoms. The number of rotatable bonds is 18. The van der Waals surface area contributed by atoms with Crippen LogP contribution < -0.4 is 10.6 Å². The first kappa shape index (κ1) is 43.4. The van der Waals surface area contributed by atoms with Crippen LogP contribution in [0.15, 0.2) is 48.5 Å². The monoisotopic (exact) mass is 785 g/mol. The second-order valence-corrected chi connectivity index (χ2v) is 17.2. The molecule has 0 spiro atoms. The van der Waals surface area contributed by atoms with Crippen molar-refractivity contribution >= 4 is 23.2 Å². The van der Waals surface area contributed by atoms with Gasteiger partial charge in [0.05, 0.1) is 0 Å². The summed E-state index contributed by atoms with van der Waals surface area (Å²) < 4.78 is 0. The first-order valence-corrected chi connectivity index (χ1v) is 23.2. The maximum atomic E-state index is 13.1. The SMILES string of the molecule is CCN(CC)CCCNc1ccc(C(=O)N2CCC[C@H]2CN2CCCC2)cc1.O=C(c1ccc(NCCCN2CCCCC2)cc1)N1CCC[C@H]1CN1CCCC1. The van der Waals surface area contributed by atoms with E-state index in [1.807, 2.05) is 24.3 Å². The molecule has 2 atom stereocenters. The summed E-state index contributed by atoms with van der Waals surface area (Å²) in [6.07, 6.45) is 16.2. The van der Waals surface area contributed by atoms with E-state index >= 15 is 0 Å². The van der Waals surface area contributed by atoms with Crippen molar-refractivity contribution in [3.8, 4) is 0 Å². The van der Waals surface area contributed by atoms with Crippen molar-refractivity contribution in [3.63, 3.8) is 0 Å². The van der Waals surface area contributed by atoms with Crippen LogP contribution in [0.1, 0.15) is 118 Å². The lowest BCUT2D eigenvalue weighted by Crippen LogP contribution is -2.42. The zero-order valence-electron chi connectivity index (χ0n) is 35.8. The number of hydrogen-bond acceptors (Lipinski definition) is 8. The van der Waals surface area contributed by atoms with Crippen molar-refractivity contribution in [3.05, 3.63) is 59.7 Å². The van der Waals surface area contributed by atoms with E-state index in [-0.39, 0.29) is 11.8 Å². The third-order valence-electron chi connectivity index (χ3n) is 13.2. The summed E-state index contributed by atoms with van der Waals surface area (Å²) >= 11 is 0. The Labute approximate surface area is 345 Å². The fraction of sp³-hybridized carbons (Fsp3) is 0.702. The predicted octanol–water partition coefficient (Wildman–Crippen LogP) is 7.21. The number of hydrogen-bond donors (Lipinski definition) is 2. The molecule has 5 fully saturated rings. The van der Waals surface area contributed by atoms with Crippen LogP contribution in [0.25, 0.3) is 0 Å². The van der Waals surface area contributed by atoms with Crippen molar-refractivity contribution in [1.82, 2.24) is 29.4 Å². The Morgan fingerprint density at radius 3 is 1.42 bits per heavy atom. The molecule has 2 N–H and O–H groups in total. The van der Waals surface area contributed by atoms with Crippen molar-refractivity contribution < 1.29 is 9.59 Å². The van der Waals surface area contributed by atoms with Gasteiger partial charge in [0.15, 0.2) is 0 Å². The van der Waals surface area contributed by atoms with E-state index in [1.165, 1.54) is 97.2 Å². The molecule has 0 saturated carbocycles. The summed E-state index contributed by atoms with van der Waals surface area (Å²) in [4.78, 5) is 40.4. The van der Waals surface area contributed by atoms with Gasteiger partial charge < -0.3 is 40.0 Å². The topological polar surface area (TPSA) is 77.6 Å². The molecular weight excluding hydrogens is 709 g/mol. The van der Waals surface area contributed by atoms with Crippen LogP contribution in [0.4, 0.5) is 11.4 Å². The summed E-state index contributed by atoms with van der Waals surface area (Å²) in [5, 5.41) is 7.00. The zero-order chi connectivity index (χ0) is 39.7. The normalized spacial score (nSPS) is 21.9. The number of nitrogens with one attached hydrogen (secondary N) is 2. The Morgan fingerprint density at radius 1 is 0.544 bits per heavy atom. The largest absolute Gasteiger partial charge is 0.385 e. The molecule has 0 unspecified atom stereocenters. The third-order valence-corrected chi connectivity index (χ3v) is 13.2. The van der Waals surface area contributed by atoms with Gasteiger partial charge in [0.1, 0.15) is 0 Å². The van der Waals surface area contributed by atoms with Gasteiger partial charge in [0.2, 0.25) is 0 Å². The Hall–Kier alpha value is -3.18. The number of anilines is 2. The lowest BCUT2D eigenvalue weighted by atomic mass is 10.1. The highest BCUT2D eigenvalue weighted by Crippen LogP contribution is 2.25. The summed E-state index contributed by atoms with van der Waals surface area (Å²) in [5.74, 6) is 0.415. The molecule has 0 aromatic heterocycles. The Balaban J connectivity index is 0.000000193. The highest BCUT2D eigenvalue weighted by molar-refractivity contribution is 5.95. The molecule has 2 amide bonds. The van der Waals surface area contributed by atoms with Gasteiger partial charge >= 0.3 is 0 Å². The number of benzene rings is 2. The molecular formula is C47H76N8O2. The fourth-order valence-electron chi connectivity index (χ4n) is 9.70. The van der Waals surface area contributed by atoms with Gasteiger partial charge in [-0.05, 0) is 191 Å². The first-order chi connectivity index (χ1) is 28.0. The maximum Gasteiger partial charge on any atom is 0.254 e. The average Bonchev–Trinajstić information content (AvgIpc) is 4.11. The highest BCUT2D eigenvalue weighted by Gasteiger charge is 2.32. The zero-order valence-corrected chi connectivity index (χ0v) is 35.8. The average molecular weight is 785 g/mol. The molecule has 5 saturated heterocycles. The van der Waals surface area contributed by atoms with Crippen LogP contribution in [0.5, 0.6) is 0 Å². The van der Waals surface area contributed by atoms with Gasteiger partial charge in [0.25, 0.3) is 11.8 Å². The molecule has 5 aliphatic heterocycles. The van der Waals surface area contributed by atoms with E-state index in [9.17, 15) is 9.59 Å². The smallest absolute Gasteiger partial charge is 0.254 e. The van der Waals surface area contributed by atoms with E-state index in [0.717, 1.165) is 114 Å². The molecule has 57 heavy (non-hydrogen) atoms. The van der Waals surface area contributed by atoms with Crippen molar-refractivity contribution in [2.45, 2.75) is 109 Å². The van der Waals surface area contributed by atoms with Gasteiger partial charge in [0, 0.05) is 73.9 Å². The summed E-state index contributed by atoms with van der Waals surface area (Å²) in [6, 6.07) is 17.0. The molecule has 2 aromatic rings. The summed E-state index contributed by atoms with van der Waals surface area (Å²) in [6.45, 7) is 22.2. The van der Waals surface area contributed by atoms with Crippen molar-refractivity contribution in [2.24, 2.45) is 0 Å². The van der Waals surface area contributed by atoms with E-state index in [2.05, 4.69) is 78.1 Å². The molecule has 0 radical (unpaired) electrons. The lowest BCUT2D eigenvalue weighted by molar-refractivity contribution is 0.0701. The number of carbonyl (C=O) groups is 2. The van der Waals surface area contributed by atoms with Crippen LogP contribution in [0, 0.1) is 0 Å². The number of carbonyl (C=O) groups excluding carboxylic acids is 2. The molecule has 316 valence electrons. The molecule has 5 aliphatic rings. The van der Waals surface area contributed by atoms with Gasteiger partial charge in [-0.1, -0.05) is 20.3 Å². The van der Waals surface area contributed by atoms with Gasteiger partial charge in [-0.15, -0.1) is 0 Å². The second-order valence-electron chi connectivity index (χ2n) is 17.2. The molecule has 0 aliphatic carbocycles. The van der Waals surface area contributed by atoms with Crippen LogP contribution in [0.2, 0.25) is 0 Å². The highest BCUT2D eigenvalue weighted by atomic mass is 16.2. The number of piperidine rings is 1. The predicted molar refractivity (Wildman–Crippen MR) is 237 cm³/mol. The molecule has 10 heteroatoms. The Morgan fingerprint density at radius 2 is 0.965 bits per heavy atom. The van der Waals surface area contributed by atoms with Gasteiger partial charge in [-0.25, -0.2) is 0 Å². The second kappa shape index (κ2) is 23.4. The van der Waals surface area contributed by atoms with Crippen LogP contribution >= 0.6 is 0 Å². The van der Waals surface area contributed by atoms with Crippen molar-refractivity contribution in [2.75, 3.05) is 115 Å².